The van der Waals surface area contributed by atoms with Crippen LogP contribution in [0.25, 0.3) is 0 Å². The van der Waals surface area contributed by atoms with Gasteiger partial charge in [-0.25, -0.2) is 0 Å². The van der Waals surface area contributed by atoms with Crippen LogP contribution in [0.4, 0.5) is 18.9 Å². The van der Waals surface area contributed by atoms with Crippen LogP contribution >= 0.6 is 15.9 Å². The molecule has 0 heterocycles. The highest BCUT2D eigenvalue weighted by molar-refractivity contribution is 9.10. The van der Waals surface area contributed by atoms with Crippen molar-refractivity contribution in [1.29, 1.82) is 0 Å². The summed E-state index contributed by atoms with van der Waals surface area (Å²) >= 11 is 3.36. The number of anilines is 1. The molecule has 2 nitrogen and oxygen atoms in total. The molecule has 0 saturated heterocycles. The van der Waals surface area contributed by atoms with Crippen LogP contribution in [0.15, 0.2) is 22.7 Å². The predicted octanol–water partition coefficient (Wildman–Crippen LogP) is 4.19. The Kier molecular flexibility index (Phi) is 6.33. The fourth-order valence-corrected chi connectivity index (χ4v) is 2.33. The van der Waals surface area contributed by atoms with Gasteiger partial charge in [0, 0.05) is 23.8 Å². The van der Waals surface area contributed by atoms with Crippen molar-refractivity contribution in [1.82, 2.24) is 5.32 Å². The zero-order valence-electron chi connectivity index (χ0n) is 11.9. The number of nitrogens with zero attached hydrogens (tertiary/aromatic N) is 1. The minimum Gasteiger partial charge on any atom is -0.365 e. The van der Waals surface area contributed by atoms with Crippen LogP contribution in [0.2, 0.25) is 0 Å². The maximum atomic E-state index is 12.5. The molecule has 1 rings (SSSR count). The van der Waals surface area contributed by atoms with Gasteiger partial charge in [0.05, 0.1) is 0 Å². The minimum atomic E-state index is -4.20. The molecule has 6 heteroatoms. The topological polar surface area (TPSA) is 15.3 Å². The number of halogens is 4. The quantitative estimate of drug-likeness (QED) is 0.825. The second kappa shape index (κ2) is 7.31. The van der Waals surface area contributed by atoms with Gasteiger partial charge in [0.15, 0.2) is 0 Å². The largest absolute Gasteiger partial charge is 0.405 e. The number of alkyl halides is 3. The Balaban J connectivity index is 2.83. The summed E-state index contributed by atoms with van der Waals surface area (Å²) in [7, 11) is 1.46. The van der Waals surface area contributed by atoms with E-state index in [1.54, 1.807) is 12.1 Å². The van der Waals surface area contributed by atoms with Gasteiger partial charge in [-0.2, -0.15) is 13.2 Å². The molecule has 0 amide bonds. The zero-order chi connectivity index (χ0) is 15.3. The molecule has 1 aromatic rings. The number of hydrogen-bond acceptors (Lipinski definition) is 2. The summed E-state index contributed by atoms with van der Waals surface area (Å²) < 4.78 is 38.3. The zero-order valence-corrected chi connectivity index (χ0v) is 13.5. The molecule has 1 aromatic carbocycles. The van der Waals surface area contributed by atoms with Crippen LogP contribution in [-0.4, -0.2) is 26.3 Å². The number of hydrogen-bond donors (Lipinski definition) is 1. The number of rotatable bonds is 6. The molecule has 0 saturated carbocycles. The van der Waals surface area contributed by atoms with Crippen molar-refractivity contribution in [3.8, 4) is 0 Å². The Labute approximate surface area is 126 Å². The van der Waals surface area contributed by atoms with Crippen LogP contribution in [0.1, 0.15) is 19.4 Å². The number of benzene rings is 1. The molecule has 0 aromatic heterocycles. The minimum absolute atomic E-state index is 0.499. The van der Waals surface area contributed by atoms with E-state index < -0.39 is 12.7 Å². The van der Waals surface area contributed by atoms with Crippen molar-refractivity contribution in [2.45, 2.75) is 26.6 Å². The molecule has 0 radical (unpaired) electrons. The van der Waals surface area contributed by atoms with E-state index in [9.17, 15) is 13.2 Å². The van der Waals surface area contributed by atoms with Crippen LogP contribution in [0.5, 0.6) is 0 Å². The van der Waals surface area contributed by atoms with Crippen molar-refractivity contribution in [3.05, 3.63) is 28.2 Å². The Morgan fingerprint density at radius 3 is 2.50 bits per heavy atom. The summed E-state index contributed by atoms with van der Waals surface area (Å²) in [6.45, 7) is 4.60. The van der Waals surface area contributed by atoms with E-state index in [2.05, 4.69) is 35.1 Å². The highest BCUT2D eigenvalue weighted by atomic mass is 79.9. The van der Waals surface area contributed by atoms with Gasteiger partial charge in [-0.3, -0.25) is 0 Å². The van der Waals surface area contributed by atoms with Gasteiger partial charge in [-0.1, -0.05) is 29.8 Å². The van der Waals surface area contributed by atoms with E-state index in [-0.39, 0.29) is 0 Å². The standard InChI is InChI=1S/C14H20BrF3N2/c1-10(2)7-19-8-11-6-12(15)4-5-13(11)20(3)9-14(16,17)18/h4-6,10,19H,7-9H2,1-3H3. The summed E-state index contributed by atoms with van der Waals surface area (Å²) in [6.07, 6.45) is -4.20. The Morgan fingerprint density at radius 1 is 1.30 bits per heavy atom. The first kappa shape index (κ1) is 17.3. The lowest BCUT2D eigenvalue weighted by atomic mass is 10.1. The maximum absolute atomic E-state index is 12.5. The van der Waals surface area contributed by atoms with E-state index >= 15 is 0 Å². The van der Waals surface area contributed by atoms with Crippen molar-refractivity contribution in [2.75, 3.05) is 25.0 Å². The monoisotopic (exact) mass is 352 g/mol. The van der Waals surface area contributed by atoms with E-state index in [4.69, 9.17) is 0 Å². The summed E-state index contributed by atoms with van der Waals surface area (Å²) in [5, 5.41) is 3.26. The molecule has 0 fully saturated rings. The van der Waals surface area contributed by atoms with Crippen LogP contribution in [0, 0.1) is 5.92 Å². The van der Waals surface area contributed by atoms with Crippen LogP contribution < -0.4 is 10.2 Å². The second-order valence-corrected chi connectivity index (χ2v) is 6.18. The smallest absolute Gasteiger partial charge is 0.365 e. The third-order valence-corrected chi connectivity index (χ3v) is 3.23. The second-order valence-electron chi connectivity index (χ2n) is 5.27. The average Bonchev–Trinajstić information content (AvgIpc) is 2.25. The lowest BCUT2D eigenvalue weighted by molar-refractivity contribution is -0.119. The van der Waals surface area contributed by atoms with Crippen LogP contribution in [0.3, 0.4) is 0 Å². The molecular weight excluding hydrogens is 333 g/mol. The first-order chi connectivity index (χ1) is 9.19. The highest BCUT2D eigenvalue weighted by Gasteiger charge is 2.30. The Morgan fingerprint density at radius 2 is 1.95 bits per heavy atom. The van der Waals surface area contributed by atoms with Crippen molar-refractivity contribution in [2.24, 2.45) is 5.92 Å². The maximum Gasteiger partial charge on any atom is 0.405 e. The fraction of sp³-hybridized carbons (Fsp3) is 0.571. The van der Waals surface area contributed by atoms with Crippen molar-refractivity contribution < 1.29 is 13.2 Å². The van der Waals surface area contributed by atoms with Gasteiger partial charge < -0.3 is 10.2 Å². The predicted molar refractivity (Wildman–Crippen MR) is 80.0 cm³/mol. The molecule has 0 aliphatic carbocycles. The van der Waals surface area contributed by atoms with Crippen LogP contribution in [-0.2, 0) is 6.54 Å². The SMILES string of the molecule is CC(C)CNCc1cc(Br)ccc1N(C)CC(F)(F)F. The molecule has 20 heavy (non-hydrogen) atoms. The van der Waals surface area contributed by atoms with Gasteiger partial charge in [-0.15, -0.1) is 0 Å². The molecule has 0 atom stereocenters. The highest BCUT2D eigenvalue weighted by Crippen LogP contribution is 2.26. The summed E-state index contributed by atoms with van der Waals surface area (Å²) in [5.74, 6) is 0.499. The van der Waals surface area contributed by atoms with E-state index in [0.29, 0.717) is 18.2 Å². The van der Waals surface area contributed by atoms with Gasteiger partial charge in [0.25, 0.3) is 0 Å². The van der Waals surface area contributed by atoms with Gasteiger partial charge >= 0.3 is 6.18 Å². The van der Waals surface area contributed by atoms with E-state index in [0.717, 1.165) is 16.6 Å². The van der Waals surface area contributed by atoms with E-state index in [1.165, 1.54) is 11.9 Å². The van der Waals surface area contributed by atoms with E-state index in [1.807, 2.05) is 6.07 Å². The molecule has 0 bridgehead atoms. The van der Waals surface area contributed by atoms with Crippen molar-refractivity contribution >= 4 is 21.6 Å². The van der Waals surface area contributed by atoms with Gasteiger partial charge in [0.2, 0.25) is 0 Å². The molecular formula is C14H20BrF3N2. The fourth-order valence-electron chi connectivity index (χ4n) is 1.92. The molecule has 0 spiro atoms. The molecule has 1 N–H and O–H groups in total. The summed E-state index contributed by atoms with van der Waals surface area (Å²) in [4.78, 5) is 1.23. The molecule has 0 unspecified atom stereocenters. The summed E-state index contributed by atoms with van der Waals surface area (Å²) in [5.41, 5.74) is 1.45. The lowest BCUT2D eigenvalue weighted by Crippen LogP contribution is -2.32. The van der Waals surface area contributed by atoms with Crippen molar-refractivity contribution in [3.63, 3.8) is 0 Å². The third-order valence-electron chi connectivity index (χ3n) is 2.74. The molecule has 0 aliphatic rings. The Hall–Kier alpha value is -0.750. The summed E-state index contributed by atoms with van der Waals surface area (Å²) in [6, 6.07) is 5.33. The molecule has 114 valence electrons. The normalized spacial score (nSPS) is 12.0. The first-order valence-corrected chi connectivity index (χ1v) is 7.25. The lowest BCUT2D eigenvalue weighted by Gasteiger charge is -2.24. The van der Waals surface area contributed by atoms with Gasteiger partial charge in [-0.05, 0) is 36.2 Å². The third kappa shape index (κ3) is 6.13. The molecule has 0 aliphatic heterocycles. The average molecular weight is 353 g/mol. The first-order valence-electron chi connectivity index (χ1n) is 6.46. The Bertz CT molecular complexity index is 433. The van der Waals surface area contributed by atoms with Gasteiger partial charge in [0.1, 0.15) is 6.54 Å². The number of nitrogens with one attached hydrogen (secondary N) is 1.